The topological polar surface area (TPSA) is 37.3 Å². The predicted octanol–water partition coefficient (Wildman–Crippen LogP) is 2.88. The Morgan fingerprint density at radius 2 is 2.07 bits per heavy atom. The minimum Gasteiger partial charge on any atom is -0.396 e. The normalized spacial score (nSPS) is 10.3. The summed E-state index contributed by atoms with van der Waals surface area (Å²) in [5.74, 6) is 0.0771. The van der Waals surface area contributed by atoms with Gasteiger partial charge in [-0.05, 0) is 24.1 Å². The highest BCUT2D eigenvalue weighted by molar-refractivity contribution is 6.35. The molecule has 0 heterocycles. The average Bonchev–Trinajstić information content (AvgIpc) is 2.19. The van der Waals surface area contributed by atoms with Crippen LogP contribution in [0.15, 0.2) is 18.2 Å². The van der Waals surface area contributed by atoms with Gasteiger partial charge >= 0.3 is 0 Å². The van der Waals surface area contributed by atoms with Crippen LogP contribution in [0.3, 0.4) is 0 Å². The van der Waals surface area contributed by atoms with E-state index in [0.29, 0.717) is 29.3 Å². The molecule has 0 atom stereocenters. The minimum atomic E-state index is 0.0418. The predicted molar refractivity (Wildman–Crippen MR) is 61.5 cm³/mol. The molecular weight excluding hydrogens is 235 g/mol. The lowest BCUT2D eigenvalue weighted by Gasteiger charge is -2.03. The molecule has 0 aliphatic heterocycles. The summed E-state index contributed by atoms with van der Waals surface area (Å²) in [6, 6.07) is 5.08. The third-order valence-electron chi connectivity index (χ3n) is 2.02. The molecular formula is C11H12Cl2O2. The quantitative estimate of drug-likeness (QED) is 0.868. The molecule has 0 aromatic heterocycles. The van der Waals surface area contributed by atoms with Gasteiger partial charge in [-0.2, -0.15) is 0 Å². The van der Waals surface area contributed by atoms with E-state index in [1.54, 1.807) is 18.2 Å². The van der Waals surface area contributed by atoms with E-state index in [1.807, 2.05) is 0 Å². The summed E-state index contributed by atoms with van der Waals surface area (Å²) in [4.78, 5) is 11.4. The van der Waals surface area contributed by atoms with Crippen molar-refractivity contribution in [1.82, 2.24) is 0 Å². The molecule has 0 fully saturated rings. The second-order valence-corrected chi connectivity index (χ2v) is 4.12. The molecule has 0 aliphatic rings. The maximum atomic E-state index is 11.4. The van der Waals surface area contributed by atoms with Crippen LogP contribution in [0.4, 0.5) is 0 Å². The molecule has 0 aliphatic carbocycles. The van der Waals surface area contributed by atoms with E-state index in [4.69, 9.17) is 28.3 Å². The van der Waals surface area contributed by atoms with E-state index in [1.165, 1.54) is 0 Å². The van der Waals surface area contributed by atoms with Crippen LogP contribution in [0.25, 0.3) is 0 Å². The van der Waals surface area contributed by atoms with E-state index in [9.17, 15) is 4.79 Å². The molecule has 0 saturated heterocycles. The van der Waals surface area contributed by atoms with Crippen LogP contribution < -0.4 is 0 Å². The van der Waals surface area contributed by atoms with Crippen molar-refractivity contribution in [3.8, 4) is 0 Å². The van der Waals surface area contributed by atoms with Crippen LogP contribution >= 0.6 is 23.2 Å². The van der Waals surface area contributed by atoms with Crippen molar-refractivity contribution in [3.05, 3.63) is 33.8 Å². The van der Waals surface area contributed by atoms with E-state index < -0.39 is 0 Å². The fourth-order valence-electron chi connectivity index (χ4n) is 1.24. The summed E-state index contributed by atoms with van der Waals surface area (Å²) in [5, 5.41) is 9.65. The number of Topliss-reactive ketones (excluding diaryl/α,β-unsaturated/α-hetero) is 1. The monoisotopic (exact) mass is 246 g/mol. The van der Waals surface area contributed by atoms with Gasteiger partial charge in [0.15, 0.2) is 0 Å². The van der Waals surface area contributed by atoms with Crippen molar-refractivity contribution in [3.63, 3.8) is 0 Å². The molecule has 4 heteroatoms. The maximum absolute atomic E-state index is 11.4. The number of hydrogen-bond acceptors (Lipinski definition) is 2. The first-order chi connectivity index (χ1) is 7.13. The Morgan fingerprint density at radius 3 is 2.67 bits per heavy atom. The van der Waals surface area contributed by atoms with Gasteiger partial charge in [0.05, 0.1) is 0 Å². The fourth-order valence-corrected chi connectivity index (χ4v) is 1.72. The number of carbonyl (C=O) groups is 1. The summed E-state index contributed by atoms with van der Waals surface area (Å²) in [7, 11) is 0. The molecule has 0 radical (unpaired) electrons. The SMILES string of the molecule is O=C(CCCO)Cc1ccc(Cl)cc1Cl. The number of benzene rings is 1. The third kappa shape index (κ3) is 4.20. The fraction of sp³-hybridized carbons (Fsp3) is 0.364. The van der Waals surface area contributed by atoms with Crippen molar-refractivity contribution in [1.29, 1.82) is 0 Å². The van der Waals surface area contributed by atoms with Gasteiger partial charge in [0.1, 0.15) is 5.78 Å². The van der Waals surface area contributed by atoms with Gasteiger partial charge in [0.2, 0.25) is 0 Å². The molecule has 1 aromatic rings. The van der Waals surface area contributed by atoms with Crippen molar-refractivity contribution in [2.75, 3.05) is 6.61 Å². The number of carbonyl (C=O) groups excluding carboxylic acids is 1. The van der Waals surface area contributed by atoms with Crippen LogP contribution in [0.5, 0.6) is 0 Å². The Kier molecular flexibility index (Phi) is 5.09. The third-order valence-corrected chi connectivity index (χ3v) is 2.60. The van der Waals surface area contributed by atoms with Crippen LogP contribution in [0.1, 0.15) is 18.4 Å². The smallest absolute Gasteiger partial charge is 0.137 e. The van der Waals surface area contributed by atoms with Gasteiger partial charge in [0, 0.05) is 29.5 Å². The van der Waals surface area contributed by atoms with Gasteiger partial charge < -0.3 is 5.11 Å². The number of aliphatic hydroxyl groups is 1. The van der Waals surface area contributed by atoms with Crippen molar-refractivity contribution in [2.24, 2.45) is 0 Å². The minimum absolute atomic E-state index is 0.0418. The first-order valence-electron chi connectivity index (χ1n) is 4.70. The molecule has 1 aromatic carbocycles. The second-order valence-electron chi connectivity index (χ2n) is 3.28. The highest BCUT2D eigenvalue weighted by Crippen LogP contribution is 2.21. The molecule has 1 N–H and O–H groups in total. The Hall–Kier alpha value is -0.570. The zero-order valence-corrected chi connectivity index (χ0v) is 9.68. The van der Waals surface area contributed by atoms with Crippen molar-refractivity contribution < 1.29 is 9.90 Å². The Bertz CT molecular complexity index is 350. The average molecular weight is 247 g/mol. The first kappa shape index (κ1) is 12.5. The molecule has 0 bridgehead atoms. The maximum Gasteiger partial charge on any atom is 0.137 e. The van der Waals surface area contributed by atoms with E-state index in [0.717, 1.165) is 5.56 Å². The van der Waals surface area contributed by atoms with Crippen molar-refractivity contribution in [2.45, 2.75) is 19.3 Å². The molecule has 0 unspecified atom stereocenters. The van der Waals surface area contributed by atoms with Gasteiger partial charge in [-0.3, -0.25) is 4.79 Å². The number of halogens is 2. The largest absolute Gasteiger partial charge is 0.396 e. The highest BCUT2D eigenvalue weighted by atomic mass is 35.5. The zero-order valence-electron chi connectivity index (χ0n) is 8.17. The lowest BCUT2D eigenvalue weighted by atomic mass is 10.1. The number of hydrogen-bond donors (Lipinski definition) is 1. The van der Waals surface area contributed by atoms with Crippen LogP contribution in [0.2, 0.25) is 10.0 Å². The molecule has 0 spiro atoms. The van der Waals surface area contributed by atoms with E-state index in [2.05, 4.69) is 0 Å². The van der Waals surface area contributed by atoms with E-state index >= 15 is 0 Å². The van der Waals surface area contributed by atoms with Crippen LogP contribution in [-0.4, -0.2) is 17.5 Å². The summed E-state index contributed by atoms with van der Waals surface area (Å²) in [6.45, 7) is 0.0418. The van der Waals surface area contributed by atoms with Gasteiger partial charge in [-0.15, -0.1) is 0 Å². The highest BCUT2D eigenvalue weighted by Gasteiger charge is 2.07. The lowest BCUT2D eigenvalue weighted by Crippen LogP contribution is -2.04. The van der Waals surface area contributed by atoms with Crippen LogP contribution in [-0.2, 0) is 11.2 Å². The summed E-state index contributed by atoms with van der Waals surface area (Å²) in [5.41, 5.74) is 0.781. The molecule has 15 heavy (non-hydrogen) atoms. The zero-order chi connectivity index (χ0) is 11.3. The number of aliphatic hydroxyl groups excluding tert-OH is 1. The second kappa shape index (κ2) is 6.11. The lowest BCUT2D eigenvalue weighted by molar-refractivity contribution is -0.118. The summed E-state index contributed by atoms with van der Waals surface area (Å²) >= 11 is 11.7. The Balaban J connectivity index is 2.60. The molecule has 2 nitrogen and oxygen atoms in total. The molecule has 82 valence electrons. The summed E-state index contributed by atoms with van der Waals surface area (Å²) < 4.78 is 0. The molecule has 0 saturated carbocycles. The Morgan fingerprint density at radius 1 is 1.33 bits per heavy atom. The standard InChI is InChI=1S/C11H12Cl2O2/c12-9-4-3-8(11(13)7-9)6-10(15)2-1-5-14/h3-4,7,14H,1-2,5-6H2. The first-order valence-corrected chi connectivity index (χ1v) is 5.45. The molecule has 0 amide bonds. The summed E-state index contributed by atoms with van der Waals surface area (Å²) in [6.07, 6.45) is 1.19. The van der Waals surface area contributed by atoms with Crippen molar-refractivity contribution >= 4 is 29.0 Å². The van der Waals surface area contributed by atoms with Gasteiger partial charge in [-0.25, -0.2) is 0 Å². The van der Waals surface area contributed by atoms with Gasteiger partial charge in [-0.1, -0.05) is 29.3 Å². The van der Waals surface area contributed by atoms with Gasteiger partial charge in [0.25, 0.3) is 0 Å². The van der Waals surface area contributed by atoms with Crippen LogP contribution in [0, 0.1) is 0 Å². The number of ketones is 1. The Labute approximate surface area is 98.8 Å². The number of rotatable bonds is 5. The van der Waals surface area contributed by atoms with E-state index in [-0.39, 0.29) is 12.4 Å². The molecule has 1 rings (SSSR count).